The van der Waals surface area contributed by atoms with Crippen LogP contribution in [0.4, 0.5) is 11.4 Å². The van der Waals surface area contributed by atoms with Crippen LogP contribution in [-0.2, 0) is 9.59 Å². The van der Waals surface area contributed by atoms with Gasteiger partial charge in [0.2, 0.25) is 11.8 Å². The maximum Gasteiger partial charge on any atom is 0.229 e. The monoisotopic (exact) mass is 402 g/mol. The van der Waals surface area contributed by atoms with E-state index in [4.69, 9.17) is 4.74 Å². The van der Waals surface area contributed by atoms with Gasteiger partial charge in [-0.1, -0.05) is 42.5 Å². The molecule has 7 nitrogen and oxygen atoms in total. The molecule has 4 rings (SSSR count). The number of nitrogens with zero attached hydrogens (tertiary/aromatic N) is 3. The Morgan fingerprint density at radius 2 is 1.80 bits per heavy atom. The van der Waals surface area contributed by atoms with Gasteiger partial charge in [-0.3, -0.25) is 9.59 Å². The Morgan fingerprint density at radius 1 is 1.10 bits per heavy atom. The minimum Gasteiger partial charge on any atom is -0.492 e. The number of amides is 2. The molecule has 0 spiro atoms. The summed E-state index contributed by atoms with van der Waals surface area (Å²) in [6.07, 6.45) is 3.30. The van der Waals surface area contributed by atoms with Crippen LogP contribution in [0.2, 0.25) is 0 Å². The number of carbonyl (C=O) groups excluding carboxylic acids is 2. The van der Waals surface area contributed by atoms with E-state index in [1.807, 2.05) is 61.5 Å². The highest BCUT2D eigenvalue weighted by atomic mass is 16.5. The van der Waals surface area contributed by atoms with Crippen LogP contribution in [0.1, 0.15) is 13.3 Å². The van der Waals surface area contributed by atoms with Crippen LogP contribution in [0.25, 0.3) is 11.4 Å². The maximum absolute atomic E-state index is 12.7. The lowest BCUT2D eigenvalue weighted by Gasteiger charge is -2.20. The average Bonchev–Trinajstić information content (AvgIpc) is 3.17. The summed E-state index contributed by atoms with van der Waals surface area (Å²) in [7, 11) is 0. The van der Waals surface area contributed by atoms with Crippen molar-refractivity contribution in [2.24, 2.45) is 5.92 Å². The molecular weight excluding hydrogens is 380 g/mol. The molecule has 0 radical (unpaired) electrons. The Balaban J connectivity index is 1.43. The largest absolute Gasteiger partial charge is 0.492 e. The number of nitrogens with one attached hydrogen (secondary N) is 1. The fraction of sp³-hybridized carbons (Fsp3) is 0.217. The molecule has 30 heavy (non-hydrogen) atoms. The third-order valence-corrected chi connectivity index (χ3v) is 4.90. The molecule has 1 fully saturated rings. The number of carbonyl (C=O) groups is 2. The second-order valence-electron chi connectivity index (χ2n) is 6.96. The zero-order chi connectivity index (χ0) is 20.9. The molecule has 1 saturated heterocycles. The van der Waals surface area contributed by atoms with E-state index in [0.29, 0.717) is 36.1 Å². The predicted octanol–water partition coefficient (Wildman–Crippen LogP) is 3.53. The normalized spacial score (nSPS) is 15.8. The Morgan fingerprint density at radius 3 is 2.53 bits per heavy atom. The fourth-order valence-corrected chi connectivity index (χ4v) is 3.45. The van der Waals surface area contributed by atoms with Crippen LogP contribution in [0, 0.1) is 5.92 Å². The SMILES string of the molecule is CCOc1ccccc1N1CC(C(=O)Nc2cnc(-c3ccccc3)nc2)CC1=O. The molecule has 152 valence electrons. The third-order valence-electron chi connectivity index (χ3n) is 4.90. The minimum absolute atomic E-state index is 0.0991. The Kier molecular flexibility index (Phi) is 5.70. The van der Waals surface area contributed by atoms with Crippen molar-refractivity contribution in [3.63, 3.8) is 0 Å². The van der Waals surface area contributed by atoms with Gasteiger partial charge in [0, 0.05) is 18.5 Å². The summed E-state index contributed by atoms with van der Waals surface area (Å²) in [5, 5.41) is 2.82. The van der Waals surface area contributed by atoms with Gasteiger partial charge >= 0.3 is 0 Å². The summed E-state index contributed by atoms with van der Waals surface area (Å²) in [5.74, 6) is 0.442. The van der Waals surface area contributed by atoms with Gasteiger partial charge in [0.15, 0.2) is 5.82 Å². The van der Waals surface area contributed by atoms with Gasteiger partial charge in [-0.15, -0.1) is 0 Å². The first-order valence-electron chi connectivity index (χ1n) is 9.86. The lowest BCUT2D eigenvalue weighted by Crippen LogP contribution is -2.28. The van der Waals surface area contributed by atoms with Crippen LogP contribution < -0.4 is 15.0 Å². The van der Waals surface area contributed by atoms with E-state index in [9.17, 15) is 9.59 Å². The number of rotatable bonds is 6. The molecule has 2 aromatic carbocycles. The summed E-state index contributed by atoms with van der Waals surface area (Å²) in [5.41, 5.74) is 2.09. The van der Waals surface area contributed by atoms with E-state index in [-0.39, 0.29) is 18.2 Å². The first-order valence-corrected chi connectivity index (χ1v) is 9.86. The van der Waals surface area contributed by atoms with Crippen molar-refractivity contribution in [1.29, 1.82) is 0 Å². The highest BCUT2D eigenvalue weighted by Gasteiger charge is 2.36. The van der Waals surface area contributed by atoms with E-state index >= 15 is 0 Å². The smallest absolute Gasteiger partial charge is 0.229 e. The van der Waals surface area contributed by atoms with Crippen molar-refractivity contribution in [3.05, 3.63) is 67.0 Å². The Hall–Kier alpha value is -3.74. The number of benzene rings is 2. The van der Waals surface area contributed by atoms with E-state index in [1.54, 1.807) is 17.3 Å². The van der Waals surface area contributed by atoms with Gasteiger partial charge < -0.3 is 15.0 Å². The number of anilines is 2. The molecule has 0 bridgehead atoms. The second-order valence-corrected chi connectivity index (χ2v) is 6.96. The molecule has 2 amide bonds. The first-order chi connectivity index (χ1) is 14.7. The van der Waals surface area contributed by atoms with Gasteiger partial charge in [-0.2, -0.15) is 0 Å². The topological polar surface area (TPSA) is 84.4 Å². The number of hydrogen-bond donors (Lipinski definition) is 1. The van der Waals surface area contributed by atoms with E-state index < -0.39 is 5.92 Å². The fourth-order valence-electron chi connectivity index (χ4n) is 3.45. The molecule has 1 unspecified atom stereocenters. The lowest BCUT2D eigenvalue weighted by atomic mass is 10.1. The molecule has 1 aromatic heterocycles. The lowest BCUT2D eigenvalue weighted by molar-refractivity contribution is -0.122. The number of para-hydroxylation sites is 2. The second kappa shape index (κ2) is 8.73. The van der Waals surface area contributed by atoms with Gasteiger partial charge in [0.05, 0.1) is 36.3 Å². The summed E-state index contributed by atoms with van der Waals surface area (Å²) >= 11 is 0. The van der Waals surface area contributed by atoms with Crippen molar-refractivity contribution in [1.82, 2.24) is 9.97 Å². The average molecular weight is 402 g/mol. The molecule has 1 aliphatic rings. The standard InChI is InChI=1S/C23H22N4O3/c1-2-30-20-11-7-6-10-19(20)27-15-17(12-21(27)28)23(29)26-18-13-24-22(25-14-18)16-8-4-3-5-9-16/h3-11,13-14,17H,2,12,15H2,1H3,(H,26,29). The third kappa shape index (κ3) is 4.15. The zero-order valence-corrected chi connectivity index (χ0v) is 16.6. The van der Waals surface area contributed by atoms with Crippen LogP contribution in [0.5, 0.6) is 5.75 Å². The molecule has 0 aliphatic carbocycles. The van der Waals surface area contributed by atoms with Gasteiger partial charge in [-0.25, -0.2) is 9.97 Å². The van der Waals surface area contributed by atoms with Crippen molar-refractivity contribution in [3.8, 4) is 17.1 Å². The molecule has 1 atom stereocenters. The predicted molar refractivity (Wildman–Crippen MR) is 114 cm³/mol. The number of aromatic nitrogens is 2. The zero-order valence-electron chi connectivity index (χ0n) is 16.6. The molecule has 1 N–H and O–H groups in total. The number of hydrogen-bond acceptors (Lipinski definition) is 5. The summed E-state index contributed by atoms with van der Waals surface area (Å²) in [6, 6.07) is 17.0. The maximum atomic E-state index is 12.7. The first kappa shape index (κ1) is 19.6. The molecule has 3 aromatic rings. The van der Waals surface area contributed by atoms with Crippen molar-refractivity contribution in [2.45, 2.75) is 13.3 Å². The highest BCUT2D eigenvalue weighted by Crippen LogP contribution is 2.33. The van der Waals surface area contributed by atoms with Gasteiger partial charge in [0.1, 0.15) is 5.75 Å². The Labute approximate surface area is 174 Å². The van der Waals surface area contributed by atoms with Crippen LogP contribution >= 0.6 is 0 Å². The molecule has 1 aliphatic heterocycles. The van der Waals surface area contributed by atoms with Crippen molar-refractivity contribution in [2.75, 3.05) is 23.4 Å². The molecular formula is C23H22N4O3. The molecule has 2 heterocycles. The summed E-state index contributed by atoms with van der Waals surface area (Å²) < 4.78 is 5.63. The molecule has 0 saturated carbocycles. The van der Waals surface area contributed by atoms with E-state index in [2.05, 4.69) is 15.3 Å². The quantitative estimate of drug-likeness (QED) is 0.682. The van der Waals surface area contributed by atoms with E-state index in [1.165, 1.54) is 0 Å². The molecule has 7 heteroatoms. The van der Waals surface area contributed by atoms with Crippen LogP contribution in [0.15, 0.2) is 67.0 Å². The Bertz CT molecular complexity index is 1040. The minimum atomic E-state index is -0.457. The van der Waals surface area contributed by atoms with Crippen LogP contribution in [0.3, 0.4) is 0 Å². The van der Waals surface area contributed by atoms with Gasteiger partial charge in [0.25, 0.3) is 0 Å². The van der Waals surface area contributed by atoms with Gasteiger partial charge in [-0.05, 0) is 19.1 Å². The van der Waals surface area contributed by atoms with Crippen molar-refractivity contribution < 1.29 is 14.3 Å². The van der Waals surface area contributed by atoms with E-state index in [0.717, 1.165) is 5.56 Å². The van der Waals surface area contributed by atoms with Crippen LogP contribution in [-0.4, -0.2) is 34.9 Å². The van der Waals surface area contributed by atoms with Crippen molar-refractivity contribution >= 4 is 23.2 Å². The number of ether oxygens (including phenoxy) is 1. The summed E-state index contributed by atoms with van der Waals surface area (Å²) in [4.78, 5) is 35.5. The highest BCUT2D eigenvalue weighted by molar-refractivity contribution is 6.04. The summed E-state index contributed by atoms with van der Waals surface area (Å²) in [6.45, 7) is 2.70.